The third-order valence-electron chi connectivity index (χ3n) is 5.02. The van der Waals surface area contributed by atoms with Crippen molar-refractivity contribution in [3.8, 4) is 5.75 Å². The van der Waals surface area contributed by atoms with Crippen LogP contribution in [0.15, 0.2) is 42.5 Å². The van der Waals surface area contributed by atoms with Crippen molar-refractivity contribution in [2.75, 3.05) is 13.2 Å². The third kappa shape index (κ3) is 6.77. The van der Waals surface area contributed by atoms with Crippen LogP contribution in [0.3, 0.4) is 0 Å². The van der Waals surface area contributed by atoms with E-state index in [1.807, 2.05) is 58.0 Å². The van der Waals surface area contributed by atoms with E-state index in [0.717, 1.165) is 16.7 Å². The molecule has 0 aromatic heterocycles. The Morgan fingerprint density at radius 1 is 1.07 bits per heavy atom. The molecule has 1 N–H and O–H groups in total. The molecule has 0 aliphatic carbocycles. The average Bonchev–Trinajstić information content (AvgIpc) is 2.71. The summed E-state index contributed by atoms with van der Waals surface area (Å²) in [6.07, 6.45) is 0. The van der Waals surface area contributed by atoms with Crippen LogP contribution in [0.4, 0.5) is 0 Å². The van der Waals surface area contributed by atoms with E-state index >= 15 is 0 Å². The predicted molar refractivity (Wildman–Crippen MR) is 121 cm³/mol. The predicted octanol–water partition coefficient (Wildman–Crippen LogP) is 4.53. The summed E-state index contributed by atoms with van der Waals surface area (Å²) in [4.78, 5) is 27.3. The Kier molecular flexibility index (Phi) is 8.72. The Morgan fingerprint density at radius 3 is 2.37 bits per heavy atom. The molecule has 0 radical (unpaired) electrons. The fourth-order valence-corrected chi connectivity index (χ4v) is 3.05. The lowest BCUT2D eigenvalue weighted by atomic mass is 10.1. The summed E-state index contributed by atoms with van der Waals surface area (Å²) in [5, 5.41) is 3.53. The van der Waals surface area contributed by atoms with E-state index in [0.29, 0.717) is 29.8 Å². The largest absolute Gasteiger partial charge is 0.483 e. The summed E-state index contributed by atoms with van der Waals surface area (Å²) >= 11 is 5.98. The maximum atomic E-state index is 13.1. The molecule has 0 aliphatic heterocycles. The van der Waals surface area contributed by atoms with Gasteiger partial charge in [-0.15, -0.1) is 0 Å². The lowest BCUT2D eigenvalue weighted by molar-refractivity contribution is -0.142. The maximum Gasteiger partial charge on any atom is 0.261 e. The first-order chi connectivity index (χ1) is 14.2. The first-order valence-corrected chi connectivity index (χ1v) is 10.6. The van der Waals surface area contributed by atoms with E-state index in [1.54, 1.807) is 24.0 Å². The monoisotopic (exact) mass is 430 g/mol. The number of halogens is 1. The third-order valence-corrected chi connectivity index (χ3v) is 5.28. The van der Waals surface area contributed by atoms with Gasteiger partial charge >= 0.3 is 0 Å². The second-order valence-electron chi connectivity index (χ2n) is 7.95. The van der Waals surface area contributed by atoms with Crippen molar-refractivity contribution in [2.45, 2.75) is 47.2 Å². The van der Waals surface area contributed by atoms with Gasteiger partial charge in [-0.05, 0) is 61.6 Å². The maximum absolute atomic E-state index is 13.1. The van der Waals surface area contributed by atoms with Crippen LogP contribution in [0.1, 0.15) is 37.5 Å². The van der Waals surface area contributed by atoms with Gasteiger partial charge in [-0.25, -0.2) is 0 Å². The SMILES string of the molecule is Cc1cccc(OCC(=O)N(Cc2ccc(Cl)cc2)[C@H](C)C(=O)NCC(C)C)c1C. The van der Waals surface area contributed by atoms with Gasteiger partial charge in [-0.2, -0.15) is 0 Å². The molecule has 30 heavy (non-hydrogen) atoms. The van der Waals surface area contributed by atoms with Crippen LogP contribution in [0.25, 0.3) is 0 Å². The molecule has 5 nitrogen and oxygen atoms in total. The van der Waals surface area contributed by atoms with Gasteiger partial charge in [0.25, 0.3) is 5.91 Å². The van der Waals surface area contributed by atoms with Gasteiger partial charge in [0, 0.05) is 18.1 Å². The Bertz CT molecular complexity index is 865. The van der Waals surface area contributed by atoms with Gasteiger partial charge < -0.3 is 15.0 Å². The zero-order valence-corrected chi connectivity index (χ0v) is 19.1. The highest BCUT2D eigenvalue weighted by Gasteiger charge is 2.26. The average molecular weight is 431 g/mol. The first-order valence-electron chi connectivity index (χ1n) is 10.2. The summed E-state index contributed by atoms with van der Waals surface area (Å²) in [7, 11) is 0. The number of carbonyl (C=O) groups excluding carboxylic acids is 2. The molecule has 0 fully saturated rings. The molecule has 0 saturated heterocycles. The number of rotatable bonds is 9. The van der Waals surface area contributed by atoms with E-state index in [1.165, 1.54) is 0 Å². The number of aryl methyl sites for hydroxylation is 1. The van der Waals surface area contributed by atoms with Crippen molar-refractivity contribution < 1.29 is 14.3 Å². The number of ether oxygens (including phenoxy) is 1. The highest BCUT2D eigenvalue weighted by atomic mass is 35.5. The van der Waals surface area contributed by atoms with Gasteiger partial charge in [0.15, 0.2) is 6.61 Å². The summed E-state index contributed by atoms with van der Waals surface area (Å²) in [5.74, 6) is 0.566. The van der Waals surface area contributed by atoms with Gasteiger partial charge in [0.05, 0.1) is 0 Å². The minimum atomic E-state index is -0.630. The Balaban J connectivity index is 2.15. The fraction of sp³-hybridized carbons (Fsp3) is 0.417. The Morgan fingerprint density at radius 2 is 1.73 bits per heavy atom. The molecule has 2 aromatic carbocycles. The number of benzene rings is 2. The molecule has 6 heteroatoms. The molecule has 2 aromatic rings. The topological polar surface area (TPSA) is 58.6 Å². The van der Waals surface area contributed by atoms with Crippen LogP contribution in [-0.4, -0.2) is 35.9 Å². The number of hydrogen-bond acceptors (Lipinski definition) is 3. The van der Waals surface area contributed by atoms with E-state index < -0.39 is 6.04 Å². The molecule has 0 heterocycles. The molecular weight excluding hydrogens is 400 g/mol. The minimum Gasteiger partial charge on any atom is -0.483 e. The first kappa shape index (κ1) is 23.7. The molecule has 0 unspecified atom stereocenters. The van der Waals surface area contributed by atoms with E-state index in [2.05, 4.69) is 5.32 Å². The van der Waals surface area contributed by atoms with Gasteiger partial charge in [0.2, 0.25) is 5.91 Å². The van der Waals surface area contributed by atoms with Gasteiger partial charge in [-0.3, -0.25) is 9.59 Å². The highest BCUT2D eigenvalue weighted by Crippen LogP contribution is 2.21. The number of nitrogens with zero attached hydrogens (tertiary/aromatic N) is 1. The Labute approximate surface area is 184 Å². The summed E-state index contributed by atoms with van der Waals surface area (Å²) < 4.78 is 5.80. The van der Waals surface area contributed by atoms with E-state index in [9.17, 15) is 9.59 Å². The number of nitrogens with one attached hydrogen (secondary N) is 1. The number of carbonyl (C=O) groups is 2. The lowest BCUT2D eigenvalue weighted by Gasteiger charge is -2.29. The van der Waals surface area contributed by atoms with Crippen molar-refractivity contribution in [1.29, 1.82) is 0 Å². The van der Waals surface area contributed by atoms with Crippen LogP contribution >= 0.6 is 11.6 Å². The molecule has 2 amide bonds. The molecular formula is C24H31ClN2O3. The van der Waals surface area contributed by atoms with Gasteiger partial charge in [-0.1, -0.05) is 49.7 Å². The summed E-state index contributed by atoms with van der Waals surface area (Å²) in [6.45, 7) is 10.5. The quantitative estimate of drug-likeness (QED) is 0.636. The molecule has 0 saturated carbocycles. The van der Waals surface area contributed by atoms with Crippen molar-refractivity contribution >= 4 is 23.4 Å². The Hall–Kier alpha value is -2.53. The fourth-order valence-electron chi connectivity index (χ4n) is 2.92. The zero-order valence-electron chi connectivity index (χ0n) is 18.4. The number of amides is 2. The van der Waals surface area contributed by atoms with Crippen molar-refractivity contribution in [3.63, 3.8) is 0 Å². The van der Waals surface area contributed by atoms with E-state index in [-0.39, 0.29) is 18.4 Å². The second-order valence-corrected chi connectivity index (χ2v) is 8.39. The molecule has 162 valence electrons. The standard InChI is InChI=1S/C24H31ClN2O3/c1-16(2)13-26-24(29)19(5)27(14-20-9-11-21(25)12-10-20)23(28)15-30-22-8-6-7-17(3)18(22)4/h6-12,16,19H,13-15H2,1-5H3,(H,26,29)/t19-/m1/s1. The second kappa shape index (κ2) is 11.0. The summed E-state index contributed by atoms with van der Waals surface area (Å²) in [6, 6.07) is 12.4. The smallest absolute Gasteiger partial charge is 0.261 e. The van der Waals surface area contributed by atoms with Crippen LogP contribution in [-0.2, 0) is 16.1 Å². The van der Waals surface area contributed by atoms with Crippen molar-refractivity contribution in [1.82, 2.24) is 10.2 Å². The van der Waals surface area contributed by atoms with Crippen molar-refractivity contribution in [3.05, 3.63) is 64.2 Å². The molecule has 0 spiro atoms. The van der Waals surface area contributed by atoms with Gasteiger partial charge in [0.1, 0.15) is 11.8 Å². The summed E-state index contributed by atoms with van der Waals surface area (Å²) in [5.41, 5.74) is 2.99. The molecule has 0 bridgehead atoms. The molecule has 2 rings (SSSR count). The normalized spacial score (nSPS) is 11.8. The van der Waals surface area contributed by atoms with Crippen LogP contribution in [0, 0.1) is 19.8 Å². The highest BCUT2D eigenvalue weighted by molar-refractivity contribution is 6.30. The van der Waals surface area contributed by atoms with Crippen LogP contribution in [0.2, 0.25) is 5.02 Å². The lowest BCUT2D eigenvalue weighted by Crippen LogP contribution is -2.49. The molecule has 1 atom stereocenters. The minimum absolute atomic E-state index is 0.139. The van der Waals surface area contributed by atoms with Crippen LogP contribution < -0.4 is 10.1 Å². The van der Waals surface area contributed by atoms with E-state index in [4.69, 9.17) is 16.3 Å². The number of hydrogen-bond donors (Lipinski definition) is 1. The zero-order chi connectivity index (χ0) is 22.3. The van der Waals surface area contributed by atoms with Crippen molar-refractivity contribution in [2.24, 2.45) is 5.92 Å². The van der Waals surface area contributed by atoms with Crippen LogP contribution in [0.5, 0.6) is 5.75 Å². The molecule has 0 aliphatic rings.